The Morgan fingerprint density at radius 1 is 1.13 bits per heavy atom. The number of hydrogen-bond acceptors (Lipinski definition) is 7. The summed E-state index contributed by atoms with van der Waals surface area (Å²) in [5.41, 5.74) is 0.626. The number of fused-ring (bicyclic) bond motifs is 3. The van der Waals surface area contributed by atoms with E-state index in [-0.39, 0.29) is 11.5 Å². The summed E-state index contributed by atoms with van der Waals surface area (Å²) in [7, 11) is 0. The summed E-state index contributed by atoms with van der Waals surface area (Å²) < 4.78 is 57.0. The van der Waals surface area contributed by atoms with Gasteiger partial charge in [0.2, 0.25) is 5.82 Å². The fourth-order valence-electron chi connectivity index (χ4n) is 3.97. The molecule has 2 N–H and O–H groups in total. The van der Waals surface area contributed by atoms with E-state index in [4.69, 9.17) is 0 Å². The van der Waals surface area contributed by atoms with Gasteiger partial charge in [-0.3, -0.25) is 0 Å². The molecule has 0 amide bonds. The number of anilines is 3. The molecule has 156 valence electrons. The lowest BCUT2D eigenvalue weighted by molar-refractivity contribution is -0.0525. The number of hydrogen-bond donors (Lipinski definition) is 2. The summed E-state index contributed by atoms with van der Waals surface area (Å²) in [5, 5.41) is 6.11. The number of pyridine rings is 1. The highest BCUT2D eigenvalue weighted by atomic mass is 19.3. The van der Waals surface area contributed by atoms with Crippen LogP contribution in [0.2, 0.25) is 0 Å². The predicted molar refractivity (Wildman–Crippen MR) is 101 cm³/mol. The predicted octanol–water partition coefficient (Wildman–Crippen LogP) is 3.20. The van der Waals surface area contributed by atoms with Crippen LogP contribution < -0.4 is 20.3 Å². The standard InChI is InChI=1S/C19H16F4N6O/c20-15-11(1-3-13(16(15)21)30-19(22)23)27-18-17-12(25-8-26-18)2-4-14(28-17)29-7-9-5-10(29)6-24-9/h1-4,8-10,19,24H,5-7H2,(H,25,26,27)/t9-,10-/m0/s1. The van der Waals surface area contributed by atoms with E-state index in [0.29, 0.717) is 23.1 Å². The summed E-state index contributed by atoms with van der Waals surface area (Å²) in [6, 6.07) is 6.47. The average molecular weight is 420 g/mol. The zero-order valence-electron chi connectivity index (χ0n) is 15.4. The molecule has 2 bridgehead atoms. The lowest BCUT2D eigenvalue weighted by atomic mass is 10.2. The van der Waals surface area contributed by atoms with Crippen LogP contribution in [0.5, 0.6) is 5.75 Å². The molecular weight excluding hydrogens is 404 g/mol. The smallest absolute Gasteiger partial charge is 0.387 e. The number of ether oxygens (including phenoxy) is 1. The van der Waals surface area contributed by atoms with E-state index in [1.807, 2.05) is 6.07 Å². The van der Waals surface area contributed by atoms with Crippen molar-refractivity contribution >= 4 is 28.4 Å². The first-order chi connectivity index (χ1) is 14.5. The Balaban J connectivity index is 1.49. The fourth-order valence-corrected chi connectivity index (χ4v) is 3.97. The van der Waals surface area contributed by atoms with Crippen LogP contribution in [-0.2, 0) is 0 Å². The summed E-state index contributed by atoms with van der Waals surface area (Å²) in [4.78, 5) is 15.1. The zero-order chi connectivity index (χ0) is 20.8. The van der Waals surface area contributed by atoms with E-state index in [9.17, 15) is 17.6 Å². The first kappa shape index (κ1) is 18.8. The SMILES string of the molecule is Fc1c(Nc2ncnc3ccc(N4C[C@@H]5C[C@H]4CN5)nc23)ccc(OC(F)F)c1F. The molecule has 2 fully saturated rings. The maximum Gasteiger partial charge on any atom is 0.387 e. The molecule has 5 rings (SSSR count). The Hall–Kier alpha value is -3.21. The number of nitrogens with zero attached hydrogens (tertiary/aromatic N) is 4. The minimum atomic E-state index is -3.26. The van der Waals surface area contributed by atoms with Crippen molar-refractivity contribution in [3.8, 4) is 5.75 Å². The third-order valence-corrected chi connectivity index (χ3v) is 5.33. The Kier molecular flexibility index (Phi) is 4.54. The topological polar surface area (TPSA) is 75.2 Å². The molecule has 2 saturated heterocycles. The zero-order valence-corrected chi connectivity index (χ0v) is 15.4. The second-order valence-electron chi connectivity index (χ2n) is 7.15. The third kappa shape index (κ3) is 3.24. The summed E-state index contributed by atoms with van der Waals surface area (Å²) in [6.07, 6.45) is 2.32. The van der Waals surface area contributed by atoms with Crippen molar-refractivity contribution in [3.05, 3.63) is 42.2 Å². The molecule has 0 aliphatic carbocycles. The highest BCUT2D eigenvalue weighted by Crippen LogP contribution is 2.32. The molecule has 1 aromatic carbocycles. The third-order valence-electron chi connectivity index (χ3n) is 5.33. The van der Waals surface area contributed by atoms with Gasteiger partial charge in [-0.15, -0.1) is 0 Å². The number of halogens is 4. The number of piperazine rings is 1. The van der Waals surface area contributed by atoms with Crippen LogP contribution in [0.25, 0.3) is 11.0 Å². The maximum atomic E-state index is 14.4. The molecule has 0 radical (unpaired) electrons. The van der Waals surface area contributed by atoms with Crippen molar-refractivity contribution in [2.24, 2.45) is 0 Å². The molecule has 2 aliphatic rings. The quantitative estimate of drug-likeness (QED) is 0.614. The van der Waals surface area contributed by atoms with Crippen LogP contribution in [0.1, 0.15) is 6.42 Å². The van der Waals surface area contributed by atoms with E-state index >= 15 is 0 Å². The van der Waals surface area contributed by atoms with Crippen LogP contribution in [0.3, 0.4) is 0 Å². The van der Waals surface area contributed by atoms with Gasteiger partial charge in [-0.2, -0.15) is 13.2 Å². The molecule has 2 aromatic heterocycles. The number of nitrogens with one attached hydrogen (secondary N) is 2. The van der Waals surface area contributed by atoms with Crippen molar-refractivity contribution in [2.45, 2.75) is 25.1 Å². The number of alkyl halides is 2. The van der Waals surface area contributed by atoms with Gasteiger partial charge in [-0.05, 0) is 30.7 Å². The number of rotatable bonds is 5. The van der Waals surface area contributed by atoms with Gasteiger partial charge in [-0.25, -0.2) is 19.3 Å². The lowest BCUT2D eigenvalue weighted by Crippen LogP contribution is -2.44. The van der Waals surface area contributed by atoms with Gasteiger partial charge in [0.25, 0.3) is 0 Å². The number of benzene rings is 1. The Bertz CT molecular complexity index is 1110. The molecule has 0 unspecified atom stereocenters. The van der Waals surface area contributed by atoms with E-state index in [1.165, 1.54) is 6.33 Å². The minimum absolute atomic E-state index is 0.171. The van der Waals surface area contributed by atoms with Crippen molar-refractivity contribution in [1.29, 1.82) is 0 Å². The minimum Gasteiger partial charge on any atom is -0.432 e. The first-order valence-corrected chi connectivity index (χ1v) is 9.31. The molecule has 30 heavy (non-hydrogen) atoms. The molecule has 2 atom stereocenters. The highest BCUT2D eigenvalue weighted by Gasteiger charge is 2.38. The van der Waals surface area contributed by atoms with Gasteiger partial charge in [-0.1, -0.05) is 0 Å². The van der Waals surface area contributed by atoms with Crippen LogP contribution in [0.15, 0.2) is 30.6 Å². The molecule has 0 spiro atoms. The fraction of sp³-hybridized carbons (Fsp3) is 0.316. The van der Waals surface area contributed by atoms with Crippen LogP contribution in [0, 0.1) is 11.6 Å². The molecule has 7 nitrogen and oxygen atoms in total. The van der Waals surface area contributed by atoms with E-state index in [0.717, 1.165) is 37.5 Å². The van der Waals surface area contributed by atoms with Crippen LogP contribution >= 0.6 is 0 Å². The molecule has 3 aromatic rings. The van der Waals surface area contributed by atoms with Gasteiger partial charge in [0.05, 0.1) is 11.2 Å². The largest absolute Gasteiger partial charge is 0.432 e. The van der Waals surface area contributed by atoms with Crippen molar-refractivity contribution in [1.82, 2.24) is 20.3 Å². The molecule has 0 saturated carbocycles. The monoisotopic (exact) mass is 420 g/mol. The average Bonchev–Trinajstić information content (AvgIpc) is 3.37. The first-order valence-electron chi connectivity index (χ1n) is 9.31. The summed E-state index contributed by atoms with van der Waals surface area (Å²) in [5.74, 6) is -2.84. The van der Waals surface area contributed by atoms with Crippen LogP contribution in [0.4, 0.5) is 34.9 Å². The molecule has 4 heterocycles. The van der Waals surface area contributed by atoms with E-state index in [1.54, 1.807) is 6.07 Å². The van der Waals surface area contributed by atoms with Crippen molar-refractivity contribution in [3.63, 3.8) is 0 Å². The van der Waals surface area contributed by atoms with Crippen molar-refractivity contribution in [2.75, 3.05) is 23.3 Å². The molecule has 11 heteroatoms. The van der Waals surface area contributed by atoms with Crippen LogP contribution in [-0.4, -0.2) is 46.7 Å². The number of aromatic nitrogens is 3. The normalized spacial score (nSPS) is 20.4. The van der Waals surface area contributed by atoms with Gasteiger partial charge in [0.15, 0.2) is 17.4 Å². The van der Waals surface area contributed by atoms with E-state index < -0.39 is 24.0 Å². The Labute approximate surface area is 168 Å². The maximum absolute atomic E-state index is 14.4. The molecule has 2 aliphatic heterocycles. The second-order valence-corrected chi connectivity index (χ2v) is 7.15. The second kappa shape index (κ2) is 7.24. The summed E-state index contributed by atoms with van der Waals surface area (Å²) >= 11 is 0. The van der Waals surface area contributed by atoms with Gasteiger partial charge < -0.3 is 20.3 Å². The summed E-state index contributed by atoms with van der Waals surface area (Å²) in [6.45, 7) is -1.54. The Morgan fingerprint density at radius 2 is 2.00 bits per heavy atom. The van der Waals surface area contributed by atoms with Gasteiger partial charge in [0.1, 0.15) is 17.7 Å². The molecular formula is C19H16F4N6O. The lowest BCUT2D eigenvalue weighted by Gasteiger charge is -2.28. The van der Waals surface area contributed by atoms with Gasteiger partial charge >= 0.3 is 6.61 Å². The van der Waals surface area contributed by atoms with Gasteiger partial charge in [0, 0.05) is 25.2 Å². The van der Waals surface area contributed by atoms with Crippen molar-refractivity contribution < 1.29 is 22.3 Å². The van der Waals surface area contributed by atoms with E-state index in [2.05, 4.69) is 35.2 Å². The highest BCUT2D eigenvalue weighted by molar-refractivity contribution is 5.88. The Morgan fingerprint density at radius 3 is 2.73 bits per heavy atom.